The van der Waals surface area contributed by atoms with Crippen molar-refractivity contribution in [2.75, 3.05) is 24.9 Å². The van der Waals surface area contributed by atoms with Crippen molar-refractivity contribution in [1.82, 2.24) is 9.97 Å². The lowest BCUT2D eigenvalue weighted by Gasteiger charge is -2.09. The van der Waals surface area contributed by atoms with Crippen LogP contribution in [0.25, 0.3) is 10.2 Å². The number of methoxy groups -OCH3 is 2. The molecule has 0 aliphatic rings. The number of carbonyl (C=O) groups is 1. The van der Waals surface area contributed by atoms with Gasteiger partial charge in [-0.2, -0.15) is 0 Å². The van der Waals surface area contributed by atoms with Gasteiger partial charge in [-0.05, 0) is 30.7 Å². The van der Waals surface area contributed by atoms with Crippen molar-refractivity contribution in [3.05, 3.63) is 53.0 Å². The fourth-order valence-corrected chi connectivity index (χ4v) is 4.42. The summed E-state index contributed by atoms with van der Waals surface area (Å²) in [7, 11) is 3.17. The third-order valence-corrected chi connectivity index (χ3v) is 5.91. The molecule has 2 N–H and O–H groups in total. The van der Waals surface area contributed by atoms with E-state index in [-0.39, 0.29) is 5.91 Å². The van der Waals surface area contributed by atoms with Gasteiger partial charge in [0.1, 0.15) is 5.69 Å². The number of carbonyl (C=O) groups excluding carboxylic acids is 1. The summed E-state index contributed by atoms with van der Waals surface area (Å²) < 4.78 is 11.6. The van der Waals surface area contributed by atoms with Crippen LogP contribution in [0.3, 0.4) is 0 Å². The zero-order chi connectivity index (χ0) is 20.4. The topological polar surface area (TPSA) is 85.4 Å². The minimum atomic E-state index is -0.293. The Morgan fingerprint density at radius 1 is 1.03 bits per heavy atom. The zero-order valence-corrected chi connectivity index (χ0v) is 17.6. The van der Waals surface area contributed by atoms with Gasteiger partial charge in [0.25, 0.3) is 5.91 Å². The van der Waals surface area contributed by atoms with Crippen molar-refractivity contribution in [2.45, 2.75) is 6.92 Å². The SMILES string of the molecule is COc1ccc(Nc2nc(C(=O)Nc3nc4c(C)cccc4s3)cs2)cc1OC. The molecule has 9 heteroatoms. The standard InChI is InChI=1S/C20H18N4O3S2/c1-11-5-4-6-16-17(11)23-20(29-16)24-18(25)13-10-28-19(22-13)21-12-7-8-14(26-2)15(9-12)27-3/h4-10H,1-3H3,(H,21,22)(H,23,24,25). The van der Waals surface area contributed by atoms with Gasteiger partial charge in [0.2, 0.25) is 0 Å². The van der Waals surface area contributed by atoms with Crippen molar-refractivity contribution in [3.8, 4) is 11.5 Å². The molecule has 148 valence electrons. The number of hydrogen-bond acceptors (Lipinski definition) is 8. The molecule has 0 saturated heterocycles. The summed E-state index contributed by atoms with van der Waals surface area (Å²) in [5.74, 6) is 0.958. The molecule has 4 aromatic rings. The summed E-state index contributed by atoms with van der Waals surface area (Å²) in [4.78, 5) is 21.4. The van der Waals surface area contributed by atoms with Crippen LogP contribution in [0.15, 0.2) is 41.8 Å². The molecule has 2 heterocycles. The minimum absolute atomic E-state index is 0.293. The van der Waals surface area contributed by atoms with Crippen LogP contribution in [0.2, 0.25) is 0 Å². The van der Waals surface area contributed by atoms with Crippen LogP contribution >= 0.6 is 22.7 Å². The Hall–Kier alpha value is -3.17. The molecule has 0 fully saturated rings. The van der Waals surface area contributed by atoms with Gasteiger partial charge in [-0.25, -0.2) is 9.97 Å². The third-order valence-electron chi connectivity index (χ3n) is 4.21. The second-order valence-corrected chi connectivity index (χ2v) is 8.02. The number of amides is 1. The second-order valence-electron chi connectivity index (χ2n) is 6.13. The maximum absolute atomic E-state index is 12.6. The van der Waals surface area contributed by atoms with Crippen LogP contribution in [0, 0.1) is 6.92 Å². The van der Waals surface area contributed by atoms with Gasteiger partial charge in [-0.1, -0.05) is 23.5 Å². The van der Waals surface area contributed by atoms with Gasteiger partial charge in [-0.15, -0.1) is 11.3 Å². The summed E-state index contributed by atoms with van der Waals surface area (Å²) in [5, 5.41) is 8.87. The van der Waals surface area contributed by atoms with E-state index < -0.39 is 0 Å². The molecule has 2 aromatic heterocycles. The fourth-order valence-electron chi connectivity index (χ4n) is 2.77. The third kappa shape index (κ3) is 4.01. The molecule has 2 aromatic carbocycles. The normalized spacial score (nSPS) is 10.7. The Morgan fingerprint density at radius 3 is 2.62 bits per heavy atom. The van der Waals surface area contributed by atoms with E-state index in [0.29, 0.717) is 27.5 Å². The molecule has 0 saturated carbocycles. The molecule has 0 atom stereocenters. The average Bonchev–Trinajstić information content (AvgIpc) is 3.35. The number of ether oxygens (including phenoxy) is 2. The Bertz CT molecular complexity index is 1190. The van der Waals surface area contributed by atoms with E-state index in [1.807, 2.05) is 37.3 Å². The molecule has 29 heavy (non-hydrogen) atoms. The van der Waals surface area contributed by atoms with Crippen molar-refractivity contribution >= 4 is 54.7 Å². The molecule has 7 nitrogen and oxygen atoms in total. The quantitative estimate of drug-likeness (QED) is 0.447. The van der Waals surface area contributed by atoms with Crippen LogP contribution in [0.5, 0.6) is 11.5 Å². The van der Waals surface area contributed by atoms with Gasteiger partial charge in [-0.3, -0.25) is 10.1 Å². The molecular weight excluding hydrogens is 408 g/mol. The molecular formula is C20H18N4O3S2. The van der Waals surface area contributed by atoms with E-state index in [0.717, 1.165) is 21.5 Å². The largest absolute Gasteiger partial charge is 0.493 e. The molecule has 0 unspecified atom stereocenters. The number of anilines is 3. The van der Waals surface area contributed by atoms with E-state index in [2.05, 4.69) is 20.6 Å². The first kappa shape index (κ1) is 19.2. The molecule has 0 spiro atoms. The molecule has 0 aliphatic carbocycles. The van der Waals surface area contributed by atoms with Crippen molar-refractivity contribution in [3.63, 3.8) is 0 Å². The zero-order valence-electron chi connectivity index (χ0n) is 16.0. The number of aromatic nitrogens is 2. The lowest BCUT2D eigenvalue weighted by atomic mass is 10.2. The summed E-state index contributed by atoms with van der Waals surface area (Å²) in [5.41, 5.74) is 3.09. The lowest BCUT2D eigenvalue weighted by molar-refractivity contribution is 0.102. The lowest BCUT2D eigenvalue weighted by Crippen LogP contribution is -2.12. The Morgan fingerprint density at radius 2 is 1.86 bits per heavy atom. The number of hydrogen-bond donors (Lipinski definition) is 2. The Kier molecular flexibility index (Phi) is 5.32. The number of rotatable bonds is 6. The van der Waals surface area contributed by atoms with Crippen molar-refractivity contribution in [1.29, 1.82) is 0 Å². The Labute approximate surface area is 175 Å². The smallest absolute Gasteiger partial charge is 0.276 e. The van der Waals surface area contributed by atoms with Gasteiger partial charge in [0.15, 0.2) is 21.8 Å². The molecule has 0 bridgehead atoms. The summed E-state index contributed by atoms with van der Waals surface area (Å²) >= 11 is 2.78. The molecule has 1 amide bonds. The maximum atomic E-state index is 12.6. The van der Waals surface area contributed by atoms with Crippen molar-refractivity contribution < 1.29 is 14.3 Å². The molecule has 4 rings (SSSR count). The van der Waals surface area contributed by atoms with Crippen LogP contribution < -0.4 is 20.1 Å². The number of benzene rings is 2. The van der Waals surface area contributed by atoms with Gasteiger partial charge in [0, 0.05) is 17.1 Å². The van der Waals surface area contributed by atoms with Crippen LogP contribution in [-0.2, 0) is 0 Å². The van der Waals surface area contributed by atoms with Crippen LogP contribution in [0.4, 0.5) is 16.0 Å². The predicted octanol–water partition coefficient (Wildman–Crippen LogP) is 5.07. The first-order valence-electron chi connectivity index (χ1n) is 8.69. The second kappa shape index (κ2) is 8.06. The highest BCUT2D eigenvalue weighted by atomic mass is 32.1. The first-order chi connectivity index (χ1) is 14.1. The number of aryl methyl sites for hydroxylation is 1. The number of fused-ring (bicyclic) bond motifs is 1. The molecule has 0 radical (unpaired) electrons. The number of thiazole rings is 2. The summed E-state index contributed by atoms with van der Waals surface area (Å²) in [6.45, 7) is 2.00. The van der Waals surface area contributed by atoms with Crippen molar-refractivity contribution in [2.24, 2.45) is 0 Å². The van der Waals surface area contributed by atoms with Crippen LogP contribution in [0.1, 0.15) is 16.1 Å². The molecule has 0 aliphatic heterocycles. The van der Waals surface area contributed by atoms with Gasteiger partial charge in [0.05, 0.1) is 24.4 Å². The summed E-state index contributed by atoms with van der Waals surface area (Å²) in [6, 6.07) is 11.4. The highest BCUT2D eigenvalue weighted by Crippen LogP contribution is 2.32. The van der Waals surface area contributed by atoms with E-state index in [1.54, 1.807) is 25.7 Å². The number of nitrogens with one attached hydrogen (secondary N) is 2. The number of nitrogens with zero attached hydrogens (tertiary/aromatic N) is 2. The van der Waals surface area contributed by atoms with Gasteiger partial charge >= 0.3 is 0 Å². The first-order valence-corrected chi connectivity index (χ1v) is 10.4. The fraction of sp³-hybridized carbons (Fsp3) is 0.150. The van der Waals surface area contributed by atoms with E-state index >= 15 is 0 Å². The summed E-state index contributed by atoms with van der Waals surface area (Å²) in [6.07, 6.45) is 0. The number of para-hydroxylation sites is 1. The van der Waals surface area contributed by atoms with E-state index in [1.165, 1.54) is 22.7 Å². The monoisotopic (exact) mass is 426 g/mol. The van der Waals surface area contributed by atoms with E-state index in [4.69, 9.17) is 9.47 Å². The predicted molar refractivity (Wildman–Crippen MR) is 117 cm³/mol. The van der Waals surface area contributed by atoms with Crippen LogP contribution in [-0.4, -0.2) is 30.1 Å². The van der Waals surface area contributed by atoms with E-state index in [9.17, 15) is 4.79 Å². The highest BCUT2D eigenvalue weighted by Gasteiger charge is 2.15. The maximum Gasteiger partial charge on any atom is 0.276 e. The highest BCUT2D eigenvalue weighted by molar-refractivity contribution is 7.22. The average molecular weight is 427 g/mol. The minimum Gasteiger partial charge on any atom is -0.493 e. The van der Waals surface area contributed by atoms with Gasteiger partial charge < -0.3 is 14.8 Å². The Balaban J connectivity index is 1.48.